The molecule has 0 unspecified atom stereocenters. The average molecular weight is 544 g/mol. The molecule has 0 heterocycles. The minimum Gasteiger partial charge on any atom is -0.352 e. The van der Waals surface area contributed by atoms with Gasteiger partial charge in [0.25, 0.3) is 0 Å². The molecular weight excluding hydrogens is 515 g/mol. The van der Waals surface area contributed by atoms with Crippen LogP contribution in [0.5, 0.6) is 0 Å². The van der Waals surface area contributed by atoms with Crippen LogP contribution < -0.4 is 5.32 Å². The summed E-state index contributed by atoms with van der Waals surface area (Å²) in [7, 11) is 0. The van der Waals surface area contributed by atoms with Crippen molar-refractivity contribution in [3.8, 4) is 0 Å². The highest BCUT2D eigenvalue weighted by Gasteiger charge is 2.33. The van der Waals surface area contributed by atoms with E-state index in [1.807, 2.05) is 48.5 Å². The predicted octanol–water partition coefficient (Wildman–Crippen LogP) is 6.89. The maximum Gasteiger partial charge on any atom is 0.243 e. The lowest BCUT2D eigenvalue weighted by molar-refractivity contribution is -0.141. The average Bonchev–Trinajstić information content (AvgIpc) is 3.38. The van der Waals surface area contributed by atoms with Crippen LogP contribution >= 0.6 is 34.8 Å². The molecule has 4 rings (SSSR count). The first-order chi connectivity index (χ1) is 17.4. The Morgan fingerprint density at radius 2 is 1.44 bits per heavy atom. The van der Waals surface area contributed by atoms with E-state index in [-0.39, 0.29) is 30.8 Å². The zero-order chi connectivity index (χ0) is 25.5. The van der Waals surface area contributed by atoms with Gasteiger partial charge in [-0.15, -0.1) is 0 Å². The van der Waals surface area contributed by atoms with E-state index in [0.29, 0.717) is 32.6 Å². The van der Waals surface area contributed by atoms with Crippen LogP contribution in [-0.2, 0) is 29.0 Å². The highest BCUT2D eigenvalue weighted by Crippen LogP contribution is 2.28. The Morgan fingerprint density at radius 3 is 2.11 bits per heavy atom. The van der Waals surface area contributed by atoms with Gasteiger partial charge in [-0.1, -0.05) is 102 Å². The van der Waals surface area contributed by atoms with E-state index < -0.39 is 6.04 Å². The third-order valence-corrected chi connectivity index (χ3v) is 7.74. The van der Waals surface area contributed by atoms with Gasteiger partial charge in [-0.2, -0.15) is 0 Å². The fraction of sp³-hybridized carbons (Fsp3) is 0.310. The van der Waals surface area contributed by atoms with E-state index >= 15 is 0 Å². The summed E-state index contributed by atoms with van der Waals surface area (Å²) in [6, 6.07) is 21.6. The minimum absolute atomic E-state index is 0.0593. The lowest BCUT2D eigenvalue weighted by Gasteiger charge is -2.33. The Hall–Kier alpha value is -2.53. The summed E-state index contributed by atoms with van der Waals surface area (Å²) in [5.74, 6) is -0.386. The van der Waals surface area contributed by atoms with E-state index in [1.54, 1.807) is 29.2 Å². The molecule has 1 N–H and O–H groups in total. The van der Waals surface area contributed by atoms with Crippen molar-refractivity contribution in [2.75, 3.05) is 0 Å². The Labute approximate surface area is 227 Å². The van der Waals surface area contributed by atoms with Crippen molar-refractivity contribution in [2.24, 2.45) is 0 Å². The van der Waals surface area contributed by atoms with Gasteiger partial charge < -0.3 is 10.2 Å². The van der Waals surface area contributed by atoms with Crippen LogP contribution in [0.4, 0.5) is 0 Å². The summed E-state index contributed by atoms with van der Waals surface area (Å²) in [6.07, 6.45) is 4.53. The fourth-order valence-corrected chi connectivity index (χ4v) is 5.40. The molecule has 1 fully saturated rings. The van der Waals surface area contributed by atoms with Crippen molar-refractivity contribution in [2.45, 2.75) is 57.2 Å². The van der Waals surface area contributed by atoms with Gasteiger partial charge in [-0.25, -0.2) is 0 Å². The van der Waals surface area contributed by atoms with Crippen molar-refractivity contribution >= 4 is 46.6 Å². The number of carbonyl (C=O) groups is 2. The zero-order valence-corrected chi connectivity index (χ0v) is 22.2. The van der Waals surface area contributed by atoms with Crippen LogP contribution in [0, 0.1) is 0 Å². The molecular formula is C29H29Cl3N2O2. The molecule has 7 heteroatoms. The quantitative estimate of drug-likeness (QED) is 0.319. The second kappa shape index (κ2) is 12.6. The second-order valence-electron chi connectivity index (χ2n) is 9.19. The molecule has 2 amide bonds. The van der Waals surface area contributed by atoms with Gasteiger partial charge >= 0.3 is 0 Å². The van der Waals surface area contributed by atoms with Crippen LogP contribution in [0.2, 0.25) is 15.1 Å². The molecule has 0 bridgehead atoms. The summed E-state index contributed by atoms with van der Waals surface area (Å²) in [5, 5.41) is 4.61. The van der Waals surface area contributed by atoms with Crippen LogP contribution in [0.1, 0.15) is 42.4 Å². The maximum absolute atomic E-state index is 13.9. The maximum atomic E-state index is 13.9. The van der Waals surface area contributed by atoms with E-state index in [9.17, 15) is 9.59 Å². The third kappa shape index (κ3) is 6.82. The molecule has 3 aromatic rings. The lowest BCUT2D eigenvalue weighted by Crippen LogP contribution is -2.52. The normalized spacial score (nSPS) is 14.4. The molecule has 1 atom stereocenters. The van der Waals surface area contributed by atoms with Crippen LogP contribution in [-0.4, -0.2) is 28.8 Å². The third-order valence-electron chi connectivity index (χ3n) is 6.66. The van der Waals surface area contributed by atoms with Gasteiger partial charge in [-0.05, 0) is 42.2 Å². The van der Waals surface area contributed by atoms with Gasteiger partial charge in [-0.3, -0.25) is 9.59 Å². The molecule has 1 aliphatic carbocycles. The number of hydrogen-bond donors (Lipinski definition) is 1. The largest absolute Gasteiger partial charge is 0.352 e. The van der Waals surface area contributed by atoms with Crippen molar-refractivity contribution in [1.29, 1.82) is 0 Å². The number of amides is 2. The van der Waals surface area contributed by atoms with Gasteiger partial charge in [0, 0.05) is 39.6 Å². The highest BCUT2D eigenvalue weighted by atomic mass is 35.5. The van der Waals surface area contributed by atoms with E-state index in [0.717, 1.165) is 31.2 Å². The SMILES string of the molecule is O=C(NC1CCCC1)[C@H](Cc1ccccc1)N(Cc1c(Cl)cccc1Cl)C(=O)Cc1ccccc1Cl. The molecule has 1 aliphatic rings. The number of nitrogens with one attached hydrogen (secondary N) is 1. The summed E-state index contributed by atoms with van der Waals surface area (Å²) >= 11 is 19.4. The Bertz CT molecular complexity index is 1180. The van der Waals surface area contributed by atoms with Crippen LogP contribution in [0.25, 0.3) is 0 Å². The van der Waals surface area contributed by atoms with Crippen molar-refractivity contribution in [3.63, 3.8) is 0 Å². The van der Waals surface area contributed by atoms with Gasteiger partial charge in [0.05, 0.1) is 6.42 Å². The molecule has 0 aromatic heterocycles. The zero-order valence-electron chi connectivity index (χ0n) is 19.9. The Morgan fingerprint density at radius 1 is 0.833 bits per heavy atom. The van der Waals surface area contributed by atoms with Crippen LogP contribution in [0.3, 0.4) is 0 Å². The molecule has 0 aliphatic heterocycles. The first kappa shape index (κ1) is 26.5. The number of hydrogen-bond acceptors (Lipinski definition) is 2. The molecule has 0 radical (unpaired) electrons. The minimum atomic E-state index is -0.740. The second-order valence-corrected chi connectivity index (χ2v) is 10.4. The molecule has 0 saturated heterocycles. The smallest absolute Gasteiger partial charge is 0.243 e. The number of halogens is 3. The monoisotopic (exact) mass is 542 g/mol. The Kier molecular flexibility index (Phi) is 9.30. The van der Waals surface area contributed by atoms with Gasteiger partial charge in [0.15, 0.2) is 0 Å². The number of carbonyl (C=O) groups excluding carboxylic acids is 2. The standard InChI is InChI=1S/C29H29Cl3N2O2/c30-24-14-7-4-11-21(24)18-28(35)34(19-23-25(31)15-8-16-26(23)32)27(17-20-9-2-1-3-10-20)29(36)33-22-12-5-6-13-22/h1-4,7-11,14-16,22,27H,5-6,12-13,17-19H2,(H,33,36)/t27-/m0/s1. The summed E-state index contributed by atoms with van der Waals surface area (Å²) in [4.78, 5) is 29.2. The lowest BCUT2D eigenvalue weighted by atomic mass is 10.0. The van der Waals surface area contributed by atoms with E-state index in [4.69, 9.17) is 34.8 Å². The van der Waals surface area contributed by atoms with Crippen LogP contribution in [0.15, 0.2) is 72.8 Å². The molecule has 36 heavy (non-hydrogen) atoms. The molecule has 4 nitrogen and oxygen atoms in total. The summed E-state index contributed by atoms with van der Waals surface area (Å²) in [5.41, 5.74) is 2.28. The molecule has 0 spiro atoms. The molecule has 1 saturated carbocycles. The van der Waals surface area contributed by atoms with Gasteiger partial charge in [0.1, 0.15) is 6.04 Å². The van der Waals surface area contributed by atoms with Crippen molar-refractivity contribution in [3.05, 3.63) is 105 Å². The molecule has 188 valence electrons. The predicted molar refractivity (Wildman–Crippen MR) is 147 cm³/mol. The first-order valence-corrected chi connectivity index (χ1v) is 13.4. The summed E-state index contributed by atoms with van der Waals surface area (Å²) in [6.45, 7) is 0.109. The number of nitrogens with zero attached hydrogens (tertiary/aromatic N) is 1. The highest BCUT2D eigenvalue weighted by molar-refractivity contribution is 6.36. The Balaban J connectivity index is 1.71. The topological polar surface area (TPSA) is 49.4 Å². The summed E-state index contributed by atoms with van der Waals surface area (Å²) < 4.78 is 0. The van der Waals surface area contributed by atoms with E-state index in [1.165, 1.54) is 0 Å². The molecule has 3 aromatic carbocycles. The first-order valence-electron chi connectivity index (χ1n) is 12.2. The van der Waals surface area contributed by atoms with E-state index in [2.05, 4.69) is 5.32 Å². The van der Waals surface area contributed by atoms with Crippen molar-refractivity contribution < 1.29 is 9.59 Å². The number of benzene rings is 3. The van der Waals surface area contributed by atoms with Gasteiger partial charge in [0.2, 0.25) is 11.8 Å². The van der Waals surface area contributed by atoms with Crippen molar-refractivity contribution in [1.82, 2.24) is 10.2 Å². The number of rotatable bonds is 9. The fourth-order valence-electron chi connectivity index (χ4n) is 4.68.